The zero-order valence-electron chi connectivity index (χ0n) is 19.6. The van der Waals surface area contributed by atoms with Crippen LogP contribution < -0.4 is 10.6 Å². The molecule has 8 heteroatoms. The SMILES string of the molecule is CC(C)(CCNC(=O)c1ccc(NC(=O)OCC2c3ccccc3-c3ccccc32)cn1)C(=O)O. The van der Waals surface area contributed by atoms with E-state index in [1.165, 1.54) is 12.3 Å². The maximum Gasteiger partial charge on any atom is 0.411 e. The van der Waals surface area contributed by atoms with Crippen molar-refractivity contribution >= 4 is 23.7 Å². The van der Waals surface area contributed by atoms with Crippen LogP contribution in [0, 0.1) is 5.41 Å². The summed E-state index contributed by atoms with van der Waals surface area (Å²) in [6.07, 6.45) is 1.05. The van der Waals surface area contributed by atoms with Crippen LogP contribution in [0.3, 0.4) is 0 Å². The van der Waals surface area contributed by atoms with Gasteiger partial charge in [-0.3, -0.25) is 14.9 Å². The van der Waals surface area contributed by atoms with Crippen molar-refractivity contribution < 1.29 is 24.2 Å². The van der Waals surface area contributed by atoms with Crippen LogP contribution in [-0.4, -0.2) is 41.2 Å². The molecule has 1 aliphatic carbocycles. The highest BCUT2D eigenvalue weighted by Crippen LogP contribution is 2.44. The maximum atomic E-state index is 12.4. The van der Waals surface area contributed by atoms with E-state index in [1.54, 1.807) is 19.9 Å². The molecule has 1 aromatic heterocycles. The molecule has 0 saturated carbocycles. The molecule has 1 heterocycles. The number of hydrogen-bond acceptors (Lipinski definition) is 5. The van der Waals surface area contributed by atoms with Crippen molar-refractivity contribution in [2.45, 2.75) is 26.2 Å². The van der Waals surface area contributed by atoms with Gasteiger partial charge in [0.05, 0.1) is 17.3 Å². The maximum absolute atomic E-state index is 12.4. The van der Waals surface area contributed by atoms with Gasteiger partial charge in [0.25, 0.3) is 5.91 Å². The van der Waals surface area contributed by atoms with Crippen LogP contribution in [0.2, 0.25) is 0 Å². The van der Waals surface area contributed by atoms with Crippen molar-refractivity contribution in [3.63, 3.8) is 0 Å². The summed E-state index contributed by atoms with van der Waals surface area (Å²) < 4.78 is 5.52. The van der Waals surface area contributed by atoms with E-state index in [4.69, 9.17) is 9.84 Å². The quantitative estimate of drug-likeness (QED) is 0.438. The van der Waals surface area contributed by atoms with Gasteiger partial charge < -0.3 is 15.2 Å². The number of ether oxygens (including phenoxy) is 1. The number of carboxylic acids is 1. The van der Waals surface area contributed by atoms with E-state index in [-0.39, 0.29) is 31.2 Å². The Morgan fingerprint density at radius 2 is 1.60 bits per heavy atom. The van der Waals surface area contributed by atoms with Gasteiger partial charge >= 0.3 is 12.1 Å². The number of carbonyl (C=O) groups excluding carboxylic acids is 2. The van der Waals surface area contributed by atoms with Gasteiger partial charge in [-0.15, -0.1) is 0 Å². The lowest BCUT2D eigenvalue weighted by Gasteiger charge is -2.18. The molecule has 0 fully saturated rings. The fourth-order valence-electron chi connectivity index (χ4n) is 4.04. The summed E-state index contributed by atoms with van der Waals surface area (Å²) >= 11 is 0. The van der Waals surface area contributed by atoms with Crippen molar-refractivity contribution in [3.8, 4) is 11.1 Å². The summed E-state index contributed by atoms with van der Waals surface area (Å²) in [5.74, 6) is -1.38. The first-order valence-corrected chi connectivity index (χ1v) is 11.4. The van der Waals surface area contributed by atoms with Crippen molar-refractivity contribution in [2.75, 3.05) is 18.5 Å². The molecule has 0 spiro atoms. The third kappa shape index (κ3) is 5.32. The molecular weight excluding hydrogens is 446 g/mol. The van der Waals surface area contributed by atoms with Crippen LogP contribution in [0.25, 0.3) is 11.1 Å². The summed E-state index contributed by atoms with van der Waals surface area (Å²) in [6, 6.07) is 19.3. The molecule has 0 atom stereocenters. The molecule has 3 aromatic rings. The number of rotatable bonds is 8. The second-order valence-corrected chi connectivity index (χ2v) is 9.08. The topological polar surface area (TPSA) is 118 Å². The fourth-order valence-corrected chi connectivity index (χ4v) is 4.04. The van der Waals surface area contributed by atoms with Crippen LogP contribution in [0.15, 0.2) is 66.9 Å². The summed E-state index contributed by atoms with van der Waals surface area (Å²) in [4.78, 5) is 39.9. The first kappa shape index (κ1) is 23.9. The van der Waals surface area contributed by atoms with Gasteiger partial charge in [-0.25, -0.2) is 9.78 Å². The number of hydrogen-bond donors (Lipinski definition) is 3. The van der Waals surface area contributed by atoms with E-state index in [1.807, 2.05) is 24.3 Å². The van der Waals surface area contributed by atoms with Crippen molar-refractivity contribution in [3.05, 3.63) is 83.7 Å². The molecule has 0 aliphatic heterocycles. The lowest BCUT2D eigenvalue weighted by molar-refractivity contribution is -0.147. The monoisotopic (exact) mass is 473 g/mol. The number of anilines is 1. The molecule has 0 unspecified atom stereocenters. The van der Waals surface area contributed by atoms with Gasteiger partial charge in [-0.2, -0.15) is 0 Å². The van der Waals surface area contributed by atoms with E-state index in [9.17, 15) is 14.4 Å². The number of aromatic nitrogens is 1. The highest BCUT2D eigenvalue weighted by molar-refractivity contribution is 5.93. The molecule has 1 aliphatic rings. The minimum Gasteiger partial charge on any atom is -0.481 e. The second kappa shape index (κ2) is 9.97. The first-order valence-electron chi connectivity index (χ1n) is 11.4. The fraction of sp³-hybridized carbons (Fsp3) is 0.259. The molecule has 0 bridgehead atoms. The second-order valence-electron chi connectivity index (χ2n) is 9.08. The average molecular weight is 474 g/mol. The summed E-state index contributed by atoms with van der Waals surface area (Å²) in [5, 5.41) is 14.4. The Bertz CT molecular complexity index is 1210. The van der Waals surface area contributed by atoms with Crippen molar-refractivity contribution in [1.29, 1.82) is 0 Å². The van der Waals surface area contributed by atoms with Crippen molar-refractivity contribution in [2.24, 2.45) is 5.41 Å². The van der Waals surface area contributed by atoms with Gasteiger partial charge in [-0.1, -0.05) is 48.5 Å². The number of benzene rings is 2. The number of fused-ring (bicyclic) bond motifs is 3. The predicted octanol–water partition coefficient (Wildman–Crippen LogP) is 4.67. The molecule has 35 heavy (non-hydrogen) atoms. The van der Waals surface area contributed by atoms with E-state index in [0.717, 1.165) is 22.3 Å². The third-order valence-corrected chi connectivity index (χ3v) is 6.20. The Morgan fingerprint density at radius 3 is 2.17 bits per heavy atom. The van der Waals surface area contributed by atoms with Crippen LogP contribution in [-0.2, 0) is 9.53 Å². The Kier molecular flexibility index (Phi) is 6.82. The Hall–Kier alpha value is -4.20. The number of carboxylic acid groups (broad SMARTS) is 1. The smallest absolute Gasteiger partial charge is 0.411 e. The molecule has 8 nitrogen and oxygen atoms in total. The molecular formula is C27H27N3O5. The Labute approximate surface area is 203 Å². The van der Waals surface area contributed by atoms with Gasteiger partial charge in [-0.05, 0) is 54.7 Å². The number of aliphatic carboxylic acids is 1. The van der Waals surface area contributed by atoms with Gasteiger partial charge in [0.15, 0.2) is 0 Å². The third-order valence-electron chi connectivity index (χ3n) is 6.20. The van der Waals surface area contributed by atoms with E-state index in [2.05, 4.69) is 39.9 Å². The number of nitrogens with zero attached hydrogens (tertiary/aromatic N) is 1. The molecule has 3 N–H and O–H groups in total. The lowest BCUT2D eigenvalue weighted by Crippen LogP contribution is -2.32. The lowest BCUT2D eigenvalue weighted by atomic mass is 9.90. The standard InChI is InChI=1S/C27H27N3O5/c1-27(2,25(32)33)13-14-28-24(31)23-12-11-17(15-29-23)30-26(34)35-16-22-20-9-5-3-7-18(20)19-8-4-6-10-21(19)22/h3-12,15,22H,13-14,16H2,1-2H3,(H,28,31)(H,30,34)(H,32,33). The highest BCUT2D eigenvalue weighted by Gasteiger charge is 2.29. The normalized spacial score (nSPS) is 12.4. The Morgan fingerprint density at radius 1 is 0.971 bits per heavy atom. The van der Waals surface area contributed by atoms with Gasteiger partial charge in [0, 0.05) is 12.5 Å². The van der Waals surface area contributed by atoms with Gasteiger partial charge in [0.2, 0.25) is 0 Å². The number of carbonyl (C=O) groups is 3. The van der Waals surface area contributed by atoms with Crippen LogP contribution in [0.4, 0.5) is 10.5 Å². The number of nitrogens with one attached hydrogen (secondary N) is 2. The summed E-state index contributed by atoms with van der Waals surface area (Å²) in [5.41, 5.74) is 4.19. The van der Waals surface area contributed by atoms with E-state index >= 15 is 0 Å². The molecule has 180 valence electrons. The minimum atomic E-state index is -0.933. The van der Waals surface area contributed by atoms with Gasteiger partial charge in [0.1, 0.15) is 12.3 Å². The van der Waals surface area contributed by atoms with Crippen molar-refractivity contribution in [1.82, 2.24) is 10.3 Å². The van der Waals surface area contributed by atoms with Crippen LogP contribution in [0.1, 0.15) is 47.8 Å². The number of pyridine rings is 1. The predicted molar refractivity (Wildman–Crippen MR) is 131 cm³/mol. The summed E-state index contributed by atoms with van der Waals surface area (Å²) in [7, 11) is 0. The van der Waals surface area contributed by atoms with E-state index in [0.29, 0.717) is 5.69 Å². The van der Waals surface area contributed by atoms with Crippen LogP contribution in [0.5, 0.6) is 0 Å². The zero-order chi connectivity index (χ0) is 25.0. The molecule has 0 radical (unpaired) electrons. The summed E-state index contributed by atoms with van der Waals surface area (Å²) in [6.45, 7) is 3.60. The zero-order valence-corrected chi connectivity index (χ0v) is 19.6. The Balaban J connectivity index is 1.30. The minimum absolute atomic E-state index is 0.0385. The molecule has 0 saturated heterocycles. The molecule has 4 rings (SSSR count). The van der Waals surface area contributed by atoms with E-state index < -0.39 is 23.4 Å². The molecule has 2 amide bonds. The number of amides is 2. The first-order chi connectivity index (χ1) is 16.8. The molecule has 2 aromatic carbocycles. The average Bonchev–Trinajstić information content (AvgIpc) is 3.16. The van der Waals surface area contributed by atoms with Crippen LogP contribution >= 0.6 is 0 Å². The highest BCUT2D eigenvalue weighted by atomic mass is 16.5. The largest absolute Gasteiger partial charge is 0.481 e.